The van der Waals surface area contributed by atoms with Crippen molar-refractivity contribution in [1.29, 1.82) is 0 Å². The maximum absolute atomic E-state index is 11.6. The minimum Gasteiger partial charge on any atom is -0.360 e. The number of aromatic nitrogens is 1. The van der Waals surface area contributed by atoms with E-state index >= 15 is 0 Å². The standard InChI is InChI=1S/C12H10BrNO/c13-7-2-4-9-3-1-5-10-11(15)6-8-14-12(9)10/h1-6,8H,7H2,(H,14,15). The number of nitrogens with one attached hydrogen (secondary N) is 1. The normalized spacial score (nSPS) is 11.3. The molecular weight excluding hydrogens is 254 g/mol. The molecule has 0 fully saturated rings. The second-order valence-corrected chi connectivity index (χ2v) is 3.82. The van der Waals surface area contributed by atoms with Gasteiger partial charge in [-0.25, -0.2) is 0 Å². The molecule has 2 nitrogen and oxygen atoms in total. The Labute approximate surface area is 95.8 Å². The SMILES string of the molecule is O=c1cc[nH]c2c(C=CCBr)cccc12. The average Bonchev–Trinajstić information content (AvgIpc) is 2.27. The summed E-state index contributed by atoms with van der Waals surface area (Å²) in [6, 6.07) is 7.25. The molecule has 0 unspecified atom stereocenters. The van der Waals surface area contributed by atoms with E-state index in [0.717, 1.165) is 21.8 Å². The van der Waals surface area contributed by atoms with E-state index in [1.807, 2.05) is 30.4 Å². The van der Waals surface area contributed by atoms with Gasteiger partial charge in [-0.2, -0.15) is 0 Å². The quantitative estimate of drug-likeness (QED) is 0.831. The molecule has 0 saturated carbocycles. The maximum Gasteiger partial charge on any atom is 0.189 e. The molecule has 0 aliphatic heterocycles. The molecule has 1 aromatic carbocycles. The molecule has 0 amide bonds. The number of hydrogen-bond donors (Lipinski definition) is 1. The zero-order valence-electron chi connectivity index (χ0n) is 8.03. The van der Waals surface area contributed by atoms with Crippen molar-refractivity contribution in [2.24, 2.45) is 0 Å². The van der Waals surface area contributed by atoms with Crippen LogP contribution in [-0.4, -0.2) is 10.3 Å². The predicted molar refractivity (Wildman–Crippen MR) is 67.4 cm³/mol. The van der Waals surface area contributed by atoms with Crippen LogP contribution in [0.15, 0.2) is 41.3 Å². The van der Waals surface area contributed by atoms with Crippen LogP contribution >= 0.6 is 15.9 Å². The van der Waals surface area contributed by atoms with Gasteiger partial charge >= 0.3 is 0 Å². The van der Waals surface area contributed by atoms with Gasteiger partial charge in [-0.3, -0.25) is 4.79 Å². The van der Waals surface area contributed by atoms with E-state index in [4.69, 9.17) is 0 Å². The molecule has 0 aliphatic rings. The molecule has 0 spiro atoms. The summed E-state index contributed by atoms with van der Waals surface area (Å²) in [7, 11) is 0. The van der Waals surface area contributed by atoms with Crippen LogP contribution in [0.25, 0.3) is 17.0 Å². The molecule has 2 aromatic rings. The molecule has 0 atom stereocenters. The number of pyridine rings is 1. The van der Waals surface area contributed by atoms with Gasteiger partial charge < -0.3 is 4.98 Å². The third kappa shape index (κ3) is 2.02. The van der Waals surface area contributed by atoms with Crippen LogP contribution in [-0.2, 0) is 0 Å². The van der Waals surface area contributed by atoms with Crippen molar-refractivity contribution in [3.8, 4) is 0 Å². The van der Waals surface area contributed by atoms with E-state index in [0.29, 0.717) is 0 Å². The van der Waals surface area contributed by atoms with Gasteiger partial charge in [-0.15, -0.1) is 0 Å². The summed E-state index contributed by atoms with van der Waals surface area (Å²) in [4.78, 5) is 14.7. The summed E-state index contributed by atoms with van der Waals surface area (Å²) in [6.07, 6.45) is 5.67. The van der Waals surface area contributed by atoms with Crippen LogP contribution in [0.1, 0.15) is 5.56 Å². The van der Waals surface area contributed by atoms with Crippen molar-refractivity contribution in [1.82, 2.24) is 4.98 Å². The highest BCUT2D eigenvalue weighted by molar-refractivity contribution is 9.09. The smallest absolute Gasteiger partial charge is 0.189 e. The van der Waals surface area contributed by atoms with Crippen LogP contribution in [0.4, 0.5) is 0 Å². The summed E-state index contributed by atoms with van der Waals surface area (Å²) in [6.45, 7) is 0. The van der Waals surface area contributed by atoms with Crippen LogP contribution in [0, 0.1) is 0 Å². The van der Waals surface area contributed by atoms with Crippen molar-refractivity contribution in [2.75, 3.05) is 5.33 Å². The number of benzene rings is 1. The van der Waals surface area contributed by atoms with Crippen molar-refractivity contribution in [3.05, 3.63) is 52.3 Å². The molecule has 0 bridgehead atoms. The van der Waals surface area contributed by atoms with Crippen LogP contribution in [0.5, 0.6) is 0 Å². The van der Waals surface area contributed by atoms with Gasteiger partial charge in [0.05, 0.1) is 5.52 Å². The molecule has 0 aliphatic carbocycles. The summed E-state index contributed by atoms with van der Waals surface area (Å²) >= 11 is 3.33. The largest absolute Gasteiger partial charge is 0.360 e. The van der Waals surface area contributed by atoms with E-state index < -0.39 is 0 Å². The first-order valence-corrected chi connectivity index (χ1v) is 5.78. The molecular formula is C12H10BrNO. The summed E-state index contributed by atoms with van der Waals surface area (Å²) in [5.41, 5.74) is 1.98. The number of alkyl halides is 1. The first kappa shape index (κ1) is 10.2. The van der Waals surface area contributed by atoms with Crippen LogP contribution in [0.2, 0.25) is 0 Å². The Bertz CT molecular complexity index is 557. The van der Waals surface area contributed by atoms with Crippen molar-refractivity contribution >= 4 is 32.9 Å². The number of fused-ring (bicyclic) bond motifs is 1. The lowest BCUT2D eigenvalue weighted by Crippen LogP contribution is -2.00. The number of H-pyrrole nitrogens is 1. The Morgan fingerprint density at radius 3 is 3.00 bits per heavy atom. The van der Waals surface area contributed by atoms with Crippen LogP contribution < -0.4 is 5.43 Å². The van der Waals surface area contributed by atoms with Gasteiger partial charge in [0, 0.05) is 23.0 Å². The van der Waals surface area contributed by atoms with E-state index in [9.17, 15) is 4.79 Å². The fraction of sp³-hybridized carbons (Fsp3) is 0.0833. The Morgan fingerprint density at radius 2 is 2.20 bits per heavy atom. The fourth-order valence-electron chi connectivity index (χ4n) is 1.54. The minimum atomic E-state index is 0.0536. The third-order valence-electron chi connectivity index (χ3n) is 2.21. The number of aromatic amines is 1. The van der Waals surface area contributed by atoms with E-state index in [2.05, 4.69) is 20.9 Å². The van der Waals surface area contributed by atoms with Gasteiger partial charge in [0.15, 0.2) is 5.43 Å². The summed E-state index contributed by atoms with van der Waals surface area (Å²) in [5.74, 6) is 0. The Kier molecular flexibility index (Phi) is 3.02. The predicted octanol–water partition coefficient (Wildman–Crippen LogP) is 2.94. The molecule has 1 heterocycles. The average molecular weight is 264 g/mol. The van der Waals surface area contributed by atoms with E-state index in [1.54, 1.807) is 12.3 Å². The number of halogens is 1. The highest BCUT2D eigenvalue weighted by atomic mass is 79.9. The van der Waals surface area contributed by atoms with E-state index in [-0.39, 0.29) is 5.43 Å². The lowest BCUT2D eigenvalue weighted by molar-refractivity contribution is 1.38. The number of para-hydroxylation sites is 1. The molecule has 15 heavy (non-hydrogen) atoms. The third-order valence-corrected chi connectivity index (χ3v) is 2.58. The first-order chi connectivity index (χ1) is 7.33. The fourth-order valence-corrected chi connectivity index (χ4v) is 1.72. The van der Waals surface area contributed by atoms with E-state index in [1.165, 1.54) is 0 Å². The minimum absolute atomic E-state index is 0.0536. The van der Waals surface area contributed by atoms with Crippen LogP contribution in [0.3, 0.4) is 0 Å². The number of hydrogen-bond acceptors (Lipinski definition) is 1. The molecule has 0 saturated heterocycles. The highest BCUT2D eigenvalue weighted by Crippen LogP contribution is 2.14. The zero-order chi connectivity index (χ0) is 10.7. The molecule has 1 N–H and O–H groups in total. The first-order valence-electron chi connectivity index (χ1n) is 4.66. The molecule has 2 rings (SSSR count). The Morgan fingerprint density at radius 1 is 1.33 bits per heavy atom. The van der Waals surface area contributed by atoms with Crippen molar-refractivity contribution < 1.29 is 0 Å². The highest BCUT2D eigenvalue weighted by Gasteiger charge is 1.99. The number of rotatable bonds is 2. The molecule has 1 aromatic heterocycles. The topological polar surface area (TPSA) is 32.9 Å². The van der Waals surface area contributed by atoms with Crippen molar-refractivity contribution in [3.63, 3.8) is 0 Å². The van der Waals surface area contributed by atoms with Gasteiger partial charge in [0.1, 0.15) is 0 Å². The lowest BCUT2D eigenvalue weighted by atomic mass is 10.1. The number of allylic oxidation sites excluding steroid dienone is 1. The Hall–Kier alpha value is -1.35. The van der Waals surface area contributed by atoms with Gasteiger partial charge in [0.2, 0.25) is 0 Å². The second-order valence-electron chi connectivity index (χ2n) is 3.17. The van der Waals surface area contributed by atoms with Gasteiger partial charge in [-0.05, 0) is 11.6 Å². The molecule has 0 radical (unpaired) electrons. The summed E-state index contributed by atoms with van der Waals surface area (Å²) < 4.78 is 0. The van der Waals surface area contributed by atoms with Gasteiger partial charge in [0.25, 0.3) is 0 Å². The zero-order valence-corrected chi connectivity index (χ0v) is 9.62. The van der Waals surface area contributed by atoms with Crippen molar-refractivity contribution in [2.45, 2.75) is 0 Å². The lowest BCUT2D eigenvalue weighted by Gasteiger charge is -2.00. The Balaban J connectivity index is 2.71. The molecule has 3 heteroatoms. The monoisotopic (exact) mass is 263 g/mol. The summed E-state index contributed by atoms with van der Waals surface area (Å²) in [5, 5.41) is 1.54. The molecule has 76 valence electrons. The van der Waals surface area contributed by atoms with Gasteiger partial charge in [-0.1, -0.05) is 40.2 Å². The second kappa shape index (κ2) is 4.45. The maximum atomic E-state index is 11.6.